The summed E-state index contributed by atoms with van der Waals surface area (Å²) in [4.78, 5) is 193. The van der Waals surface area contributed by atoms with Crippen LogP contribution in [0.1, 0.15) is 87.6 Å². The highest BCUT2D eigenvalue weighted by atomic mass is 16.5. The Hall–Kier alpha value is -13.2. The van der Waals surface area contributed by atoms with Crippen LogP contribution < -0.4 is 86.9 Å². The minimum Gasteiger partial charge on any atom is -0.506 e. The highest BCUT2D eigenvalue weighted by Crippen LogP contribution is 2.25. The summed E-state index contributed by atoms with van der Waals surface area (Å²) in [6.45, 7) is 1.84. The summed E-state index contributed by atoms with van der Waals surface area (Å²) >= 11 is 0. The smallest absolute Gasteiger partial charge is 0.356 e. The zero-order valence-corrected chi connectivity index (χ0v) is 62.0. The lowest BCUT2D eigenvalue weighted by Gasteiger charge is -2.28. The summed E-state index contributed by atoms with van der Waals surface area (Å²) < 4.78 is 6.96. The van der Waals surface area contributed by atoms with Crippen molar-refractivity contribution in [2.45, 2.75) is 139 Å². The number of rotatable bonds is 47. The van der Waals surface area contributed by atoms with Crippen molar-refractivity contribution in [2.75, 3.05) is 39.4 Å². The number of azide groups is 1. The molecule has 0 saturated heterocycles. The van der Waals surface area contributed by atoms with E-state index in [9.17, 15) is 77.6 Å². The maximum atomic E-state index is 14.8. The SMILES string of the molecule is CC(C)C(N)C(=O)CC(Cc1c[nH]c2ccccc12)C(=O)NC(CO)C(=O)NC(CCC(N)=O)C(=O)NC(CCCCN)C(=O)NC(CCCNC(=N)N)C(=O)NC(Cc1c[nH]cn1)C(=O)NC(Cc1ccccc1)C(=O)NCC(=O)NC(Cc1ccc(O)c(-n2[nH]c(=O)n(-c3ccc(OCCN=[N+]=[N-])cc3)c2=O)c1)C(=O)O. The number of nitrogens with one attached hydrogen (secondary N) is 13. The topological polar surface area (TPSA) is 647 Å². The number of nitrogens with two attached hydrogens (primary N) is 4. The van der Waals surface area contributed by atoms with Gasteiger partial charge in [-0.1, -0.05) is 73.6 Å². The first-order valence-electron chi connectivity index (χ1n) is 36.2. The van der Waals surface area contributed by atoms with Crippen LogP contribution in [0.2, 0.25) is 0 Å². The van der Waals surface area contributed by atoms with Gasteiger partial charge < -0.3 is 101 Å². The van der Waals surface area contributed by atoms with Gasteiger partial charge in [-0.15, -0.1) is 0 Å². The molecule has 40 heteroatoms. The molecule has 3 aromatic heterocycles. The normalized spacial score (nSPS) is 13.5. The number of primary amides is 1. The van der Waals surface area contributed by atoms with Crippen molar-refractivity contribution in [3.63, 3.8) is 0 Å². The van der Waals surface area contributed by atoms with Gasteiger partial charge in [-0.25, -0.2) is 29.0 Å². The quantitative estimate of drug-likeness (QED) is 0.00489. The van der Waals surface area contributed by atoms with E-state index in [1.807, 2.05) is 18.2 Å². The summed E-state index contributed by atoms with van der Waals surface area (Å²) in [7, 11) is 0. The average Bonchev–Trinajstić information content (AvgIpc) is 1.63. The van der Waals surface area contributed by atoms with Crippen LogP contribution in [-0.4, -0.2) is 203 Å². The second-order valence-electron chi connectivity index (χ2n) is 26.8. The van der Waals surface area contributed by atoms with Crippen molar-refractivity contribution < 1.29 is 72.8 Å². The molecule has 7 rings (SSSR count). The molecule has 9 unspecified atom stereocenters. The van der Waals surface area contributed by atoms with Crippen molar-refractivity contribution in [3.8, 4) is 22.9 Å². The molecular formula is C73H95N23O17. The van der Waals surface area contributed by atoms with Crippen molar-refractivity contribution >= 4 is 81.8 Å². The number of aromatic amines is 3. The number of Topliss-reactive ketones (excluding diaryl/α,β-unsaturated/α-hetero) is 1. The summed E-state index contributed by atoms with van der Waals surface area (Å²) in [5.74, 6) is -12.8. The summed E-state index contributed by atoms with van der Waals surface area (Å²) in [6, 6.07) is 12.6. The number of unbranched alkanes of at least 4 members (excludes halogenated alkanes) is 1. The summed E-state index contributed by atoms with van der Waals surface area (Å²) in [5, 5.41) is 68.8. The number of para-hydroxylation sites is 1. The van der Waals surface area contributed by atoms with Gasteiger partial charge in [0.15, 0.2) is 11.7 Å². The van der Waals surface area contributed by atoms with E-state index in [0.717, 1.165) is 26.2 Å². The number of nitrogens with zero attached hydrogens (tertiary/aromatic N) is 6. The number of imidazole rings is 1. The number of guanidine groups is 1. The number of carboxylic acid groups (broad SMARTS) is 1. The van der Waals surface area contributed by atoms with Crippen LogP contribution in [0, 0.1) is 17.2 Å². The minimum atomic E-state index is -1.75. The largest absolute Gasteiger partial charge is 0.506 e. The van der Waals surface area contributed by atoms with E-state index in [1.165, 1.54) is 48.9 Å². The lowest BCUT2D eigenvalue weighted by molar-refractivity contribution is -0.141. The van der Waals surface area contributed by atoms with Crippen molar-refractivity contribution in [3.05, 3.63) is 170 Å². The molecule has 7 aromatic rings. The van der Waals surface area contributed by atoms with Crippen LogP contribution in [0.3, 0.4) is 0 Å². The molecule has 40 nitrogen and oxygen atoms in total. The van der Waals surface area contributed by atoms with E-state index in [-0.39, 0.29) is 106 Å². The number of amides is 9. The van der Waals surface area contributed by atoms with E-state index in [4.69, 9.17) is 38.6 Å². The summed E-state index contributed by atoms with van der Waals surface area (Å²) in [6.07, 6.45) is 2.25. The number of aromatic hydroxyl groups is 1. The molecule has 0 aliphatic rings. The third-order valence-electron chi connectivity index (χ3n) is 18.1. The van der Waals surface area contributed by atoms with Crippen LogP contribution in [0.5, 0.6) is 11.5 Å². The van der Waals surface area contributed by atoms with Gasteiger partial charge in [0.05, 0.1) is 50.1 Å². The first-order valence-corrected chi connectivity index (χ1v) is 36.2. The molecule has 9 atom stereocenters. The number of fused-ring (bicyclic) bond motifs is 1. The van der Waals surface area contributed by atoms with Crippen LogP contribution in [0.25, 0.3) is 32.7 Å². The first-order chi connectivity index (χ1) is 54.1. The zero-order chi connectivity index (χ0) is 82.3. The number of ketones is 1. The molecular weight excluding hydrogens is 1470 g/mol. The number of hydrogen-bond donors (Lipinski definition) is 20. The molecule has 24 N–H and O–H groups in total. The van der Waals surface area contributed by atoms with Gasteiger partial charge in [0.2, 0.25) is 53.2 Å². The fraction of sp³-hybridized carbons (Fsp3) is 0.411. The van der Waals surface area contributed by atoms with E-state index >= 15 is 0 Å². The summed E-state index contributed by atoms with van der Waals surface area (Å²) in [5.41, 5.74) is 31.9. The molecule has 0 aliphatic carbocycles. The van der Waals surface area contributed by atoms with Gasteiger partial charge >= 0.3 is 17.3 Å². The highest BCUT2D eigenvalue weighted by Gasteiger charge is 2.36. The molecule has 4 aromatic carbocycles. The molecule has 0 spiro atoms. The van der Waals surface area contributed by atoms with Crippen molar-refractivity contribution in [1.82, 2.24) is 77.2 Å². The lowest BCUT2D eigenvalue weighted by Crippen LogP contribution is -2.60. The first kappa shape index (κ1) is 87.0. The maximum Gasteiger partial charge on any atom is 0.356 e. The third kappa shape index (κ3) is 26.5. The van der Waals surface area contributed by atoms with Crippen LogP contribution in [0.15, 0.2) is 130 Å². The number of aliphatic hydroxyl groups excluding tert-OH is 1. The van der Waals surface area contributed by atoms with Gasteiger partial charge in [-0.3, -0.25) is 53.4 Å². The van der Waals surface area contributed by atoms with E-state index in [2.05, 4.69) is 77.9 Å². The monoisotopic (exact) mass is 1570 g/mol. The van der Waals surface area contributed by atoms with Crippen LogP contribution in [-0.2, 0) is 78.4 Å². The third-order valence-corrected chi connectivity index (χ3v) is 18.1. The Morgan fingerprint density at radius 1 is 0.681 bits per heavy atom. The highest BCUT2D eigenvalue weighted by molar-refractivity contribution is 5.99. The molecule has 0 fully saturated rings. The maximum absolute atomic E-state index is 14.8. The molecule has 0 bridgehead atoms. The van der Waals surface area contributed by atoms with E-state index < -0.39 is 175 Å². The molecule has 0 radical (unpaired) electrons. The number of carbonyl (C=O) groups excluding carboxylic acids is 10. The average molecular weight is 1570 g/mol. The zero-order valence-electron chi connectivity index (χ0n) is 62.0. The molecule has 0 aliphatic heterocycles. The predicted molar refractivity (Wildman–Crippen MR) is 409 cm³/mol. The van der Waals surface area contributed by atoms with Crippen molar-refractivity contribution in [2.24, 2.45) is 39.9 Å². The molecule has 604 valence electrons. The Kier molecular flexibility index (Phi) is 33.3. The van der Waals surface area contributed by atoms with Gasteiger partial charge in [-0.2, -0.15) is 4.68 Å². The minimum absolute atomic E-state index is 0.00385. The number of ether oxygens (including phenoxy) is 1. The van der Waals surface area contributed by atoms with E-state index in [1.54, 1.807) is 56.4 Å². The van der Waals surface area contributed by atoms with Gasteiger partial charge in [-0.05, 0) is 122 Å². The Bertz CT molecular complexity index is 4630. The van der Waals surface area contributed by atoms with Gasteiger partial charge in [0, 0.05) is 72.8 Å². The van der Waals surface area contributed by atoms with Gasteiger partial charge in [0.25, 0.3) is 0 Å². The van der Waals surface area contributed by atoms with Crippen LogP contribution >= 0.6 is 0 Å². The Balaban J connectivity index is 1.06. The predicted octanol–water partition coefficient (Wildman–Crippen LogP) is -2.01. The Morgan fingerprint density at radius 2 is 1.29 bits per heavy atom. The fourth-order valence-electron chi connectivity index (χ4n) is 12.0. The number of carbonyl (C=O) groups is 11. The van der Waals surface area contributed by atoms with E-state index in [0.29, 0.717) is 23.3 Å². The fourth-order valence-corrected chi connectivity index (χ4v) is 12.0. The van der Waals surface area contributed by atoms with Crippen molar-refractivity contribution in [1.29, 1.82) is 5.41 Å². The number of hydrogen-bond acceptors (Lipinski definition) is 21. The number of carboxylic acids is 1. The number of benzene rings is 4. The lowest BCUT2D eigenvalue weighted by atomic mass is 9.88. The number of aliphatic hydroxyl groups is 1. The number of aromatic nitrogens is 6. The number of phenolic OH excluding ortho intramolecular Hbond substituents is 1. The Labute approximate surface area is 645 Å². The number of aliphatic carboxylic acids is 1. The van der Waals surface area contributed by atoms with Crippen LogP contribution in [0.4, 0.5) is 0 Å². The molecule has 3 heterocycles. The second-order valence-corrected chi connectivity index (χ2v) is 26.8. The number of H-pyrrole nitrogens is 3. The Morgan fingerprint density at radius 3 is 1.91 bits per heavy atom. The second kappa shape index (κ2) is 43.3. The standard InChI is InChI=1S/C73H95N23O17/c1-40(2)62(76)59(99)33-43(32-44-35-82-49-14-7-6-13-48(44)49)63(102)92-56(38-97)69(108)89-52(22-24-60(75)100)67(106)87-50(15-8-9-25-74)65(104)88-51(16-10-26-81-71(77)78)66(105)91-54(34-45-36-80-39-84-45)68(107)90-53(29-41-11-4-3-5-12-41)64(103)83-37-61(101)86-55(70(109)110)30-42-17-23-58(98)57(31-42)96-73(112)95(72(111)93-96)46-18-20-47(21-19-46)113-28-27-85-94-79/h3-7,11-14,17-21,23,31,35-36,39-40,43,50-56,62,82,97-98H,8-10,15-16,22,24-30,32-34,37-38,74,76H2,1-2H3,(H2,75,100)(H,80,84)(H,83,103)(H,86,101)(H,87,106)(H,88,104)(H,89,108)(H,90,107)(H,91,105)(H,92,102)(H,93,111)(H,109,110)(H4,77,78,81). The van der Waals surface area contributed by atoms with Gasteiger partial charge in [0.1, 0.15) is 59.5 Å². The molecule has 9 amide bonds. The molecule has 113 heavy (non-hydrogen) atoms. The number of phenols is 1. The molecule has 0 saturated carbocycles.